The summed E-state index contributed by atoms with van der Waals surface area (Å²) in [5.41, 5.74) is 0.344. The third-order valence-corrected chi connectivity index (χ3v) is 7.49. The topological polar surface area (TPSA) is 167 Å². The molecule has 2 unspecified atom stereocenters. The summed E-state index contributed by atoms with van der Waals surface area (Å²) in [5, 5.41) is 10.5. The molecule has 0 spiro atoms. The quantitative estimate of drug-likeness (QED) is 0.283. The van der Waals surface area contributed by atoms with Crippen LogP contribution < -0.4 is 21.3 Å². The minimum Gasteiger partial charge on any atom is -0.347 e. The van der Waals surface area contributed by atoms with E-state index in [0.29, 0.717) is 24.9 Å². The zero-order valence-electron chi connectivity index (χ0n) is 21.9. The molecule has 210 valence electrons. The van der Waals surface area contributed by atoms with Crippen molar-refractivity contribution in [2.45, 2.75) is 75.9 Å². The molecule has 2 atom stereocenters. The molecule has 0 bridgehead atoms. The lowest BCUT2D eigenvalue weighted by Crippen LogP contribution is -2.54. The zero-order valence-corrected chi connectivity index (χ0v) is 21.9. The lowest BCUT2D eigenvalue weighted by molar-refractivity contribution is -0.140. The fourth-order valence-corrected chi connectivity index (χ4v) is 5.16. The van der Waals surface area contributed by atoms with Crippen molar-refractivity contribution in [1.29, 1.82) is 0 Å². The van der Waals surface area contributed by atoms with E-state index in [2.05, 4.69) is 26.3 Å². The average Bonchev–Trinajstić information content (AvgIpc) is 3.64. The molecule has 2 heterocycles. The molecule has 12 heteroatoms. The second-order valence-corrected chi connectivity index (χ2v) is 10.4. The maximum Gasteiger partial charge on any atom is 0.289 e. The number of hydrogen-bond donors (Lipinski definition) is 4. The van der Waals surface area contributed by atoms with Gasteiger partial charge in [-0.25, -0.2) is 0 Å². The molecule has 3 fully saturated rings. The van der Waals surface area contributed by atoms with Crippen molar-refractivity contribution in [3.8, 4) is 0 Å². The van der Waals surface area contributed by atoms with Crippen LogP contribution in [0.15, 0.2) is 24.5 Å². The summed E-state index contributed by atoms with van der Waals surface area (Å²) in [6.45, 7) is -0.420. The highest BCUT2D eigenvalue weighted by molar-refractivity contribution is 6.37. The molecule has 12 nitrogen and oxygen atoms in total. The van der Waals surface area contributed by atoms with Gasteiger partial charge in [0.1, 0.15) is 12.1 Å². The molecule has 1 aliphatic heterocycles. The fourth-order valence-electron chi connectivity index (χ4n) is 5.16. The van der Waals surface area contributed by atoms with E-state index in [-0.39, 0.29) is 18.5 Å². The normalized spacial score (nSPS) is 20.0. The fraction of sp³-hybridized carbons (Fsp3) is 0.593. The van der Waals surface area contributed by atoms with Gasteiger partial charge in [-0.2, -0.15) is 0 Å². The van der Waals surface area contributed by atoms with Crippen LogP contribution in [0.4, 0.5) is 0 Å². The van der Waals surface area contributed by atoms with E-state index >= 15 is 0 Å². The smallest absolute Gasteiger partial charge is 0.289 e. The van der Waals surface area contributed by atoms with E-state index in [9.17, 15) is 28.8 Å². The van der Waals surface area contributed by atoms with Crippen LogP contribution in [0.1, 0.15) is 68.1 Å². The molecule has 2 aliphatic carbocycles. The standard InChI is InChI=1S/C27H36N6O6/c34-21(26(38)31-19-10-11-19)15-29-25(37)20-9-5-13-33(20)22(35)16-30-27(39)23(17-6-2-1-3-7-17)32-24(36)18-8-4-12-28-14-18/h4,8,12,14,17,19-20,23H,1-3,5-7,9-11,13,15-16H2,(H,29,37)(H,30,39)(H,31,38)(H,32,36). The number of rotatable bonds is 11. The van der Waals surface area contributed by atoms with Gasteiger partial charge in [0.2, 0.25) is 23.5 Å². The van der Waals surface area contributed by atoms with Crippen LogP contribution in [-0.4, -0.2) is 83.0 Å². The van der Waals surface area contributed by atoms with Gasteiger partial charge in [-0.1, -0.05) is 19.3 Å². The molecule has 3 aliphatic rings. The molecule has 1 aromatic rings. The van der Waals surface area contributed by atoms with Gasteiger partial charge in [-0.3, -0.25) is 33.8 Å². The van der Waals surface area contributed by atoms with E-state index in [0.717, 1.165) is 44.9 Å². The Morgan fingerprint density at radius 3 is 2.38 bits per heavy atom. The number of pyridine rings is 1. The molecule has 2 saturated carbocycles. The van der Waals surface area contributed by atoms with E-state index in [1.807, 2.05) is 0 Å². The summed E-state index contributed by atoms with van der Waals surface area (Å²) in [6, 6.07) is 1.72. The van der Waals surface area contributed by atoms with Gasteiger partial charge in [-0.15, -0.1) is 0 Å². The van der Waals surface area contributed by atoms with Crippen LogP contribution in [0.3, 0.4) is 0 Å². The van der Waals surface area contributed by atoms with Crippen LogP contribution in [0.2, 0.25) is 0 Å². The Balaban J connectivity index is 1.30. The number of amides is 5. The maximum atomic E-state index is 13.2. The second kappa shape index (κ2) is 13.3. The van der Waals surface area contributed by atoms with Crippen molar-refractivity contribution in [3.63, 3.8) is 0 Å². The molecule has 4 N–H and O–H groups in total. The van der Waals surface area contributed by atoms with E-state index < -0.39 is 53.9 Å². The summed E-state index contributed by atoms with van der Waals surface area (Å²) in [7, 11) is 0. The van der Waals surface area contributed by atoms with Gasteiger partial charge in [-0.05, 0) is 56.6 Å². The first kappa shape index (κ1) is 28.2. The highest BCUT2D eigenvalue weighted by Crippen LogP contribution is 2.27. The summed E-state index contributed by atoms with van der Waals surface area (Å²) < 4.78 is 0. The van der Waals surface area contributed by atoms with Gasteiger partial charge in [0.25, 0.3) is 11.8 Å². The molecular formula is C27H36N6O6. The van der Waals surface area contributed by atoms with Gasteiger partial charge < -0.3 is 26.2 Å². The average molecular weight is 541 g/mol. The van der Waals surface area contributed by atoms with Gasteiger partial charge in [0.05, 0.1) is 18.7 Å². The summed E-state index contributed by atoms with van der Waals surface area (Å²) >= 11 is 0. The lowest BCUT2D eigenvalue weighted by Gasteiger charge is -2.30. The number of nitrogens with one attached hydrogen (secondary N) is 4. The Labute approximate surface area is 227 Å². The number of ketones is 1. The Morgan fingerprint density at radius 2 is 1.69 bits per heavy atom. The second-order valence-electron chi connectivity index (χ2n) is 10.4. The number of hydrogen-bond acceptors (Lipinski definition) is 7. The highest BCUT2D eigenvalue weighted by atomic mass is 16.2. The van der Waals surface area contributed by atoms with Gasteiger partial charge in [0.15, 0.2) is 0 Å². The van der Waals surface area contributed by atoms with E-state index in [1.54, 1.807) is 18.3 Å². The predicted molar refractivity (Wildman–Crippen MR) is 139 cm³/mol. The number of nitrogens with zero attached hydrogens (tertiary/aromatic N) is 2. The third kappa shape index (κ3) is 7.84. The number of carbonyl (C=O) groups is 6. The first-order chi connectivity index (χ1) is 18.8. The minimum absolute atomic E-state index is 0.0386. The molecule has 1 saturated heterocycles. The number of carbonyl (C=O) groups excluding carboxylic acids is 6. The Kier molecular flexibility index (Phi) is 9.61. The van der Waals surface area contributed by atoms with Gasteiger partial charge in [0, 0.05) is 25.0 Å². The minimum atomic E-state index is -0.795. The van der Waals surface area contributed by atoms with Gasteiger partial charge >= 0.3 is 0 Å². The Hall–Kier alpha value is -3.83. The van der Waals surface area contributed by atoms with Crippen molar-refractivity contribution in [2.24, 2.45) is 5.92 Å². The van der Waals surface area contributed by atoms with E-state index in [1.165, 1.54) is 11.1 Å². The van der Waals surface area contributed by atoms with Crippen molar-refractivity contribution in [1.82, 2.24) is 31.2 Å². The molecule has 0 radical (unpaired) electrons. The summed E-state index contributed by atoms with van der Waals surface area (Å²) in [6.07, 6.45) is 10.3. The SMILES string of the molecule is O=C(CNC(=O)C1CCCN1C(=O)CNC(=O)C(NC(=O)c1cccnc1)C1CCCCC1)C(=O)NC1CC1. The molecule has 0 aromatic carbocycles. The monoisotopic (exact) mass is 540 g/mol. The third-order valence-electron chi connectivity index (χ3n) is 7.49. The van der Waals surface area contributed by atoms with E-state index in [4.69, 9.17) is 0 Å². The molecule has 39 heavy (non-hydrogen) atoms. The van der Waals surface area contributed by atoms with Crippen molar-refractivity contribution >= 4 is 35.3 Å². The van der Waals surface area contributed by atoms with Crippen LogP contribution in [0.25, 0.3) is 0 Å². The summed E-state index contributed by atoms with van der Waals surface area (Å²) in [5.74, 6) is -3.29. The first-order valence-corrected chi connectivity index (χ1v) is 13.7. The number of aromatic nitrogens is 1. The molecule has 4 rings (SSSR count). The Bertz CT molecular complexity index is 1090. The van der Waals surface area contributed by atoms with Crippen LogP contribution in [-0.2, 0) is 24.0 Å². The van der Waals surface area contributed by atoms with Crippen molar-refractivity contribution in [2.75, 3.05) is 19.6 Å². The summed E-state index contributed by atoms with van der Waals surface area (Å²) in [4.78, 5) is 80.8. The lowest BCUT2D eigenvalue weighted by atomic mass is 9.83. The largest absolute Gasteiger partial charge is 0.347 e. The predicted octanol–water partition coefficient (Wildman–Crippen LogP) is -0.169. The number of likely N-dealkylation sites (tertiary alicyclic amines) is 1. The van der Waals surface area contributed by atoms with Crippen molar-refractivity contribution in [3.05, 3.63) is 30.1 Å². The van der Waals surface area contributed by atoms with Crippen molar-refractivity contribution < 1.29 is 28.8 Å². The van der Waals surface area contributed by atoms with Crippen LogP contribution in [0.5, 0.6) is 0 Å². The molecule has 1 aromatic heterocycles. The Morgan fingerprint density at radius 1 is 0.923 bits per heavy atom. The zero-order chi connectivity index (χ0) is 27.8. The maximum absolute atomic E-state index is 13.2. The first-order valence-electron chi connectivity index (χ1n) is 13.7. The highest BCUT2D eigenvalue weighted by Gasteiger charge is 2.36. The van der Waals surface area contributed by atoms with Crippen LogP contribution in [0, 0.1) is 5.92 Å². The molecule has 5 amide bonds. The number of Topliss-reactive ketones (excluding diaryl/α,β-unsaturated/α-hetero) is 1. The molecular weight excluding hydrogens is 504 g/mol. The van der Waals surface area contributed by atoms with Crippen LogP contribution >= 0.6 is 0 Å².